The van der Waals surface area contributed by atoms with Crippen LogP contribution in [0.25, 0.3) is 0 Å². The van der Waals surface area contributed by atoms with Gasteiger partial charge in [0.25, 0.3) is 11.8 Å². The van der Waals surface area contributed by atoms with Gasteiger partial charge in [-0.25, -0.2) is 9.37 Å². The number of nitrogens with zero attached hydrogens (tertiary/aromatic N) is 5. The Morgan fingerprint density at radius 1 is 0.926 bits per heavy atom. The van der Waals surface area contributed by atoms with Crippen LogP contribution in [0.5, 0.6) is 0 Å². The van der Waals surface area contributed by atoms with Crippen LogP contribution < -0.4 is 20.9 Å². The van der Waals surface area contributed by atoms with Gasteiger partial charge < -0.3 is 15.5 Å². The largest absolute Gasteiger partial charge is 0.421 e. The lowest BCUT2D eigenvalue weighted by molar-refractivity contribution is -0.138. The predicted molar refractivity (Wildman–Crippen MR) is 190 cm³/mol. The molecule has 4 heterocycles. The van der Waals surface area contributed by atoms with Gasteiger partial charge in [0.1, 0.15) is 23.2 Å². The molecule has 2 saturated heterocycles. The Kier molecular flexibility index (Phi) is 10.0. The number of hydrogen-bond acceptors (Lipinski definition) is 10. The highest BCUT2D eigenvalue weighted by molar-refractivity contribution is 6.23. The Bertz CT molecular complexity index is 2090. The number of carbonyl (C=O) groups excluding carboxylic acids is 4. The lowest BCUT2D eigenvalue weighted by atomic mass is 10.0. The van der Waals surface area contributed by atoms with E-state index >= 15 is 4.39 Å². The van der Waals surface area contributed by atoms with Crippen LogP contribution in [0.15, 0.2) is 72.9 Å². The fourth-order valence-corrected chi connectivity index (χ4v) is 7.13. The zero-order valence-corrected chi connectivity index (χ0v) is 29.1. The average Bonchev–Trinajstić information content (AvgIpc) is 3.40. The van der Waals surface area contributed by atoms with Gasteiger partial charge in [0.15, 0.2) is 0 Å². The number of alkyl halides is 3. The number of carbonyl (C=O) groups is 4. The lowest BCUT2D eigenvalue weighted by Crippen LogP contribution is -2.54. The monoisotopic (exact) mass is 744 g/mol. The Morgan fingerprint density at radius 3 is 2.33 bits per heavy atom. The molecule has 16 heteroatoms. The molecule has 3 N–H and O–H groups in total. The molecule has 3 aliphatic heterocycles. The number of aromatic nitrogens is 2. The van der Waals surface area contributed by atoms with E-state index in [9.17, 15) is 32.3 Å². The Morgan fingerprint density at radius 2 is 1.65 bits per heavy atom. The summed E-state index contributed by atoms with van der Waals surface area (Å²) in [5.41, 5.74) is 1.47. The van der Waals surface area contributed by atoms with E-state index in [2.05, 4.69) is 35.7 Å². The molecule has 12 nitrogen and oxygen atoms in total. The topological polar surface area (TPSA) is 140 Å². The first-order valence-corrected chi connectivity index (χ1v) is 17.4. The van der Waals surface area contributed by atoms with Crippen LogP contribution in [0.2, 0.25) is 0 Å². The summed E-state index contributed by atoms with van der Waals surface area (Å²) in [6.45, 7) is 1.94. The van der Waals surface area contributed by atoms with E-state index in [0.717, 1.165) is 48.3 Å². The van der Waals surface area contributed by atoms with Crippen LogP contribution in [-0.2, 0) is 28.9 Å². The fourth-order valence-electron chi connectivity index (χ4n) is 7.13. The van der Waals surface area contributed by atoms with Gasteiger partial charge in [0, 0.05) is 56.2 Å². The molecule has 0 bridgehead atoms. The third-order valence-corrected chi connectivity index (χ3v) is 9.96. The average molecular weight is 745 g/mol. The first-order chi connectivity index (χ1) is 25.9. The quantitative estimate of drug-likeness (QED) is 0.141. The Balaban J connectivity index is 0.945. The molecule has 1 unspecified atom stereocenters. The van der Waals surface area contributed by atoms with Gasteiger partial charge in [-0.3, -0.25) is 34.3 Å². The molecule has 3 aromatic carbocycles. The van der Waals surface area contributed by atoms with Crippen LogP contribution >= 0.6 is 0 Å². The number of benzene rings is 3. The molecule has 0 aliphatic carbocycles. The van der Waals surface area contributed by atoms with Crippen LogP contribution in [0.3, 0.4) is 0 Å². The molecule has 7 rings (SSSR count). The molecular formula is C38H36F4N8O4. The van der Waals surface area contributed by atoms with Crippen molar-refractivity contribution in [3.8, 4) is 0 Å². The van der Waals surface area contributed by atoms with E-state index in [1.165, 1.54) is 12.1 Å². The summed E-state index contributed by atoms with van der Waals surface area (Å²) in [5, 5.41) is 7.91. The zero-order chi connectivity index (χ0) is 38.1. The summed E-state index contributed by atoms with van der Waals surface area (Å²) in [7, 11) is 1.92. The van der Waals surface area contributed by atoms with Gasteiger partial charge >= 0.3 is 6.18 Å². The fraction of sp³-hybridized carbons (Fsp3) is 0.316. The van der Waals surface area contributed by atoms with E-state index in [1.54, 1.807) is 36.4 Å². The van der Waals surface area contributed by atoms with Crippen molar-refractivity contribution in [3.63, 3.8) is 0 Å². The molecule has 0 saturated carbocycles. The number of imide groups is 2. The number of halogens is 4. The third kappa shape index (κ3) is 7.60. The summed E-state index contributed by atoms with van der Waals surface area (Å²) < 4.78 is 56.3. The van der Waals surface area contributed by atoms with Gasteiger partial charge in [-0.05, 0) is 73.8 Å². The minimum Gasteiger partial charge on any atom is -0.371 e. The maximum Gasteiger partial charge on any atom is 0.421 e. The van der Waals surface area contributed by atoms with E-state index in [1.807, 2.05) is 25.2 Å². The minimum absolute atomic E-state index is 0.0145. The second-order valence-electron chi connectivity index (χ2n) is 13.5. The highest BCUT2D eigenvalue weighted by atomic mass is 19.4. The van der Waals surface area contributed by atoms with Crippen molar-refractivity contribution in [1.29, 1.82) is 0 Å². The molecule has 0 spiro atoms. The number of anilines is 4. The lowest BCUT2D eigenvalue weighted by Gasteiger charge is -2.38. The first kappa shape index (κ1) is 36.5. The number of hydrogen-bond donors (Lipinski definition) is 3. The normalized spacial score (nSPS) is 17.9. The summed E-state index contributed by atoms with van der Waals surface area (Å²) in [5.74, 6) is -4.02. The Hall–Kier alpha value is -5.90. The van der Waals surface area contributed by atoms with Crippen molar-refractivity contribution in [1.82, 2.24) is 25.1 Å². The van der Waals surface area contributed by atoms with E-state index in [4.69, 9.17) is 0 Å². The highest BCUT2D eigenvalue weighted by Crippen LogP contribution is 2.35. The van der Waals surface area contributed by atoms with Gasteiger partial charge in [0.2, 0.25) is 17.8 Å². The van der Waals surface area contributed by atoms with Gasteiger partial charge in [0.05, 0.1) is 11.1 Å². The van der Waals surface area contributed by atoms with Crippen molar-refractivity contribution in [3.05, 3.63) is 107 Å². The third-order valence-electron chi connectivity index (χ3n) is 9.96. The zero-order valence-electron chi connectivity index (χ0n) is 29.1. The molecule has 4 amide bonds. The number of fused-ring (bicyclic) bond motifs is 1. The highest BCUT2D eigenvalue weighted by Gasteiger charge is 2.46. The summed E-state index contributed by atoms with van der Waals surface area (Å²) in [6, 6.07) is 18.2. The molecule has 1 aromatic heterocycles. The van der Waals surface area contributed by atoms with E-state index in [-0.39, 0.29) is 48.3 Å². The summed E-state index contributed by atoms with van der Waals surface area (Å²) >= 11 is 0. The van der Waals surface area contributed by atoms with Crippen LogP contribution in [0, 0.1) is 5.82 Å². The summed E-state index contributed by atoms with van der Waals surface area (Å²) in [6.07, 6.45) is -2.32. The van der Waals surface area contributed by atoms with Crippen LogP contribution in [-0.4, -0.2) is 75.6 Å². The Labute approximate surface area is 307 Å². The smallest absolute Gasteiger partial charge is 0.371 e. The minimum atomic E-state index is -4.63. The van der Waals surface area contributed by atoms with Crippen molar-refractivity contribution < 1.29 is 36.7 Å². The number of amides is 4. The van der Waals surface area contributed by atoms with Crippen LogP contribution in [0.4, 0.5) is 40.7 Å². The van der Waals surface area contributed by atoms with Crippen molar-refractivity contribution in [2.24, 2.45) is 0 Å². The molecule has 0 radical (unpaired) electrons. The van der Waals surface area contributed by atoms with Crippen molar-refractivity contribution in [2.45, 2.75) is 57.0 Å². The molecule has 3 aliphatic rings. The summed E-state index contributed by atoms with van der Waals surface area (Å²) in [4.78, 5) is 63.3. The predicted octanol–water partition coefficient (Wildman–Crippen LogP) is 5.49. The van der Waals surface area contributed by atoms with E-state index < -0.39 is 47.2 Å². The van der Waals surface area contributed by atoms with E-state index in [0.29, 0.717) is 17.8 Å². The van der Waals surface area contributed by atoms with Crippen LogP contribution in [0.1, 0.15) is 63.1 Å². The van der Waals surface area contributed by atoms with Gasteiger partial charge in [-0.15, -0.1) is 0 Å². The first-order valence-electron chi connectivity index (χ1n) is 17.4. The number of nitrogens with one attached hydrogen (secondary N) is 3. The van der Waals surface area contributed by atoms with Gasteiger partial charge in [-0.2, -0.15) is 18.2 Å². The van der Waals surface area contributed by atoms with Crippen molar-refractivity contribution >= 4 is 46.8 Å². The molecule has 2 fully saturated rings. The molecule has 4 aromatic rings. The second-order valence-corrected chi connectivity index (χ2v) is 13.5. The second kappa shape index (κ2) is 14.9. The molecule has 280 valence electrons. The maximum atomic E-state index is 15.3. The maximum absolute atomic E-state index is 15.3. The number of piperidine rings is 2. The number of rotatable bonds is 10. The molecule has 1 atom stereocenters. The van der Waals surface area contributed by atoms with Crippen molar-refractivity contribution in [2.75, 3.05) is 35.7 Å². The molecular weight excluding hydrogens is 708 g/mol. The standard InChI is InChI=1S/C38H36F4N8O4/c1-48(21-23-17-27-32(29(39)18-23)36(54)50(35(27)53)30-11-12-31(51)46-34(30)52)25-13-15-49(16-14-25)26-9-7-24(8-10-26)45-37-44-20-28(38(40,41)42)33(47-37)43-19-22-5-3-2-4-6-22/h2-10,17-18,20,25,30H,11-16,19,21H2,1H3,(H,46,51,52)(H2,43,44,45,47). The van der Waals surface area contributed by atoms with Gasteiger partial charge in [-0.1, -0.05) is 30.3 Å². The SMILES string of the molecule is CN(Cc1cc(F)c2c(c1)C(=O)N(C1CCC(=O)NC1=O)C2=O)C1CCN(c2ccc(Nc3ncc(C(F)(F)F)c(NCc4ccccc4)n3)cc2)CC1. The molecule has 54 heavy (non-hydrogen) atoms.